The van der Waals surface area contributed by atoms with Crippen molar-refractivity contribution in [2.75, 3.05) is 10.6 Å². The highest BCUT2D eigenvalue weighted by Crippen LogP contribution is 2.20. The molecule has 0 bridgehead atoms. The predicted molar refractivity (Wildman–Crippen MR) is 108 cm³/mol. The Balaban J connectivity index is 1.77. The number of anilines is 2. The van der Waals surface area contributed by atoms with Gasteiger partial charge in [-0.3, -0.25) is 9.59 Å². The van der Waals surface area contributed by atoms with Gasteiger partial charge in [0, 0.05) is 27.0 Å². The molecule has 0 aliphatic carbocycles. The van der Waals surface area contributed by atoms with E-state index in [1.54, 1.807) is 24.3 Å². The molecule has 0 aromatic heterocycles. The number of hydrogen-bond donors (Lipinski definition) is 2. The van der Waals surface area contributed by atoms with Crippen LogP contribution in [0, 0.1) is 6.92 Å². The molecule has 0 aliphatic heterocycles. The molecule has 0 saturated carbocycles. The summed E-state index contributed by atoms with van der Waals surface area (Å²) in [6.07, 6.45) is 0. The average molecular weight is 409 g/mol. The van der Waals surface area contributed by atoms with E-state index >= 15 is 0 Å². The number of halogens is 1. The van der Waals surface area contributed by atoms with Crippen molar-refractivity contribution in [2.45, 2.75) is 6.92 Å². The SMILES string of the molecule is Cc1ccc(C(=O)Nc2ccc(Br)cc2)cc1NC(=O)c1ccccc1. The zero-order chi connectivity index (χ0) is 18.5. The molecule has 2 amide bonds. The van der Waals surface area contributed by atoms with Crippen molar-refractivity contribution in [3.63, 3.8) is 0 Å². The average Bonchev–Trinajstić information content (AvgIpc) is 2.66. The van der Waals surface area contributed by atoms with Crippen LogP contribution in [-0.2, 0) is 0 Å². The van der Waals surface area contributed by atoms with Gasteiger partial charge in [0.2, 0.25) is 0 Å². The fourth-order valence-electron chi connectivity index (χ4n) is 2.42. The van der Waals surface area contributed by atoms with Crippen LogP contribution in [0.1, 0.15) is 26.3 Å². The van der Waals surface area contributed by atoms with Crippen molar-refractivity contribution >= 4 is 39.1 Å². The van der Waals surface area contributed by atoms with E-state index in [2.05, 4.69) is 26.6 Å². The second-order valence-corrected chi connectivity index (χ2v) is 6.73. The normalized spacial score (nSPS) is 10.2. The van der Waals surface area contributed by atoms with Crippen LogP contribution in [0.25, 0.3) is 0 Å². The number of aryl methyl sites for hydroxylation is 1. The summed E-state index contributed by atoms with van der Waals surface area (Å²) in [7, 11) is 0. The standard InChI is InChI=1S/C21H17BrN2O2/c1-14-7-8-16(21(26)23-18-11-9-17(22)10-12-18)13-19(14)24-20(25)15-5-3-2-4-6-15/h2-13H,1H3,(H,23,26)(H,24,25). The van der Waals surface area contributed by atoms with E-state index in [4.69, 9.17) is 0 Å². The maximum Gasteiger partial charge on any atom is 0.255 e. The first-order valence-corrected chi connectivity index (χ1v) is 8.86. The fraction of sp³-hybridized carbons (Fsp3) is 0.0476. The zero-order valence-electron chi connectivity index (χ0n) is 14.1. The summed E-state index contributed by atoms with van der Waals surface area (Å²) in [5, 5.41) is 5.71. The van der Waals surface area contributed by atoms with Gasteiger partial charge in [0.25, 0.3) is 11.8 Å². The van der Waals surface area contributed by atoms with Gasteiger partial charge in [0.1, 0.15) is 0 Å². The lowest BCUT2D eigenvalue weighted by molar-refractivity contribution is 0.101. The van der Waals surface area contributed by atoms with E-state index in [0.29, 0.717) is 22.5 Å². The van der Waals surface area contributed by atoms with E-state index in [-0.39, 0.29) is 11.8 Å². The lowest BCUT2D eigenvalue weighted by Gasteiger charge is -2.11. The molecule has 26 heavy (non-hydrogen) atoms. The molecule has 0 heterocycles. The van der Waals surface area contributed by atoms with Crippen LogP contribution >= 0.6 is 15.9 Å². The summed E-state index contributed by atoms with van der Waals surface area (Å²) >= 11 is 3.36. The molecule has 3 aromatic rings. The monoisotopic (exact) mass is 408 g/mol. The molecule has 2 N–H and O–H groups in total. The summed E-state index contributed by atoms with van der Waals surface area (Å²) in [5.74, 6) is -0.443. The second kappa shape index (κ2) is 7.97. The Kier molecular flexibility index (Phi) is 5.49. The first-order valence-electron chi connectivity index (χ1n) is 8.07. The summed E-state index contributed by atoms with van der Waals surface area (Å²) in [4.78, 5) is 24.8. The molecule has 0 aliphatic rings. The van der Waals surface area contributed by atoms with Crippen molar-refractivity contribution in [2.24, 2.45) is 0 Å². The number of carbonyl (C=O) groups excluding carboxylic acids is 2. The van der Waals surface area contributed by atoms with Gasteiger partial charge >= 0.3 is 0 Å². The van der Waals surface area contributed by atoms with Crippen LogP contribution in [0.15, 0.2) is 77.3 Å². The molecular weight excluding hydrogens is 392 g/mol. The molecule has 3 rings (SSSR count). The number of rotatable bonds is 4. The topological polar surface area (TPSA) is 58.2 Å². The third kappa shape index (κ3) is 4.37. The molecule has 0 atom stereocenters. The molecule has 0 spiro atoms. The minimum Gasteiger partial charge on any atom is -0.322 e. The highest BCUT2D eigenvalue weighted by molar-refractivity contribution is 9.10. The smallest absolute Gasteiger partial charge is 0.255 e. The van der Waals surface area contributed by atoms with Gasteiger partial charge in [-0.15, -0.1) is 0 Å². The van der Waals surface area contributed by atoms with Gasteiger partial charge in [-0.25, -0.2) is 0 Å². The third-order valence-corrected chi connectivity index (χ3v) is 4.41. The highest BCUT2D eigenvalue weighted by Gasteiger charge is 2.11. The van der Waals surface area contributed by atoms with Crippen molar-refractivity contribution in [1.29, 1.82) is 0 Å². The number of carbonyl (C=O) groups is 2. The van der Waals surface area contributed by atoms with Crippen LogP contribution in [0.5, 0.6) is 0 Å². The van der Waals surface area contributed by atoms with E-state index in [1.165, 1.54) is 0 Å². The Hall–Kier alpha value is -2.92. The zero-order valence-corrected chi connectivity index (χ0v) is 15.7. The van der Waals surface area contributed by atoms with E-state index in [9.17, 15) is 9.59 Å². The Bertz CT molecular complexity index is 938. The lowest BCUT2D eigenvalue weighted by Crippen LogP contribution is -2.15. The molecule has 0 radical (unpaired) electrons. The molecule has 3 aromatic carbocycles. The van der Waals surface area contributed by atoms with Gasteiger partial charge in [-0.2, -0.15) is 0 Å². The van der Waals surface area contributed by atoms with Gasteiger partial charge in [0.15, 0.2) is 0 Å². The second-order valence-electron chi connectivity index (χ2n) is 5.81. The number of benzene rings is 3. The maximum atomic E-state index is 12.5. The minimum atomic E-state index is -0.234. The van der Waals surface area contributed by atoms with E-state index < -0.39 is 0 Å². The molecule has 130 valence electrons. The van der Waals surface area contributed by atoms with Crippen LogP contribution in [0.3, 0.4) is 0 Å². The summed E-state index contributed by atoms with van der Waals surface area (Å²) in [6, 6.07) is 21.5. The largest absolute Gasteiger partial charge is 0.322 e. The molecule has 5 heteroatoms. The van der Waals surface area contributed by atoms with Crippen LogP contribution < -0.4 is 10.6 Å². The Morgan fingerprint density at radius 2 is 1.42 bits per heavy atom. The lowest BCUT2D eigenvalue weighted by atomic mass is 10.1. The number of nitrogens with one attached hydrogen (secondary N) is 2. The summed E-state index contributed by atoms with van der Waals surface area (Å²) < 4.78 is 0.941. The third-order valence-electron chi connectivity index (χ3n) is 3.89. The Morgan fingerprint density at radius 1 is 0.769 bits per heavy atom. The first kappa shape index (κ1) is 17.9. The molecule has 0 unspecified atom stereocenters. The van der Waals surface area contributed by atoms with E-state index in [1.807, 2.05) is 55.5 Å². The maximum absolute atomic E-state index is 12.5. The van der Waals surface area contributed by atoms with E-state index in [0.717, 1.165) is 10.0 Å². The number of hydrogen-bond acceptors (Lipinski definition) is 2. The van der Waals surface area contributed by atoms with Gasteiger partial charge in [0.05, 0.1) is 0 Å². The van der Waals surface area contributed by atoms with Crippen molar-refractivity contribution in [3.8, 4) is 0 Å². The number of amides is 2. The van der Waals surface area contributed by atoms with Gasteiger partial charge < -0.3 is 10.6 Å². The quantitative estimate of drug-likeness (QED) is 0.618. The van der Waals surface area contributed by atoms with Gasteiger partial charge in [-0.1, -0.05) is 40.2 Å². The fourth-order valence-corrected chi connectivity index (χ4v) is 2.68. The highest BCUT2D eigenvalue weighted by atomic mass is 79.9. The predicted octanol–water partition coefficient (Wildman–Crippen LogP) is 5.26. The Morgan fingerprint density at radius 3 is 2.12 bits per heavy atom. The molecular formula is C21H17BrN2O2. The van der Waals surface area contributed by atoms with Crippen molar-refractivity contribution < 1.29 is 9.59 Å². The minimum absolute atomic E-state index is 0.209. The summed E-state index contributed by atoms with van der Waals surface area (Å²) in [6.45, 7) is 1.89. The molecule has 0 saturated heterocycles. The Labute approximate surface area is 160 Å². The first-order chi connectivity index (χ1) is 12.5. The van der Waals surface area contributed by atoms with Crippen LogP contribution in [0.2, 0.25) is 0 Å². The van der Waals surface area contributed by atoms with Crippen molar-refractivity contribution in [1.82, 2.24) is 0 Å². The van der Waals surface area contributed by atoms with Gasteiger partial charge in [-0.05, 0) is 61.0 Å². The molecule has 4 nitrogen and oxygen atoms in total. The molecule has 0 fully saturated rings. The van der Waals surface area contributed by atoms with Crippen molar-refractivity contribution in [3.05, 3.63) is 94.0 Å². The van der Waals surface area contributed by atoms with Crippen LogP contribution in [0.4, 0.5) is 11.4 Å². The summed E-state index contributed by atoms with van der Waals surface area (Å²) in [5.41, 5.74) is 3.24. The van der Waals surface area contributed by atoms with Crippen LogP contribution in [-0.4, -0.2) is 11.8 Å².